The topological polar surface area (TPSA) is 32.7 Å². The predicted octanol–water partition coefficient (Wildman–Crippen LogP) is 1.59. The van der Waals surface area contributed by atoms with E-state index in [2.05, 4.69) is 23.1 Å². The zero-order valence-electron chi connectivity index (χ0n) is 9.69. The number of hydrogen-bond donors (Lipinski definition) is 0. The molecular formula is C10H22N2OS. The van der Waals surface area contributed by atoms with Crippen LogP contribution < -0.4 is 0 Å². The molecule has 1 fully saturated rings. The average molecular weight is 218 g/mol. The quantitative estimate of drug-likeness (QED) is 0.705. The van der Waals surface area contributed by atoms with Gasteiger partial charge in [0.1, 0.15) is 0 Å². The molecule has 1 aliphatic heterocycles. The molecule has 0 aromatic heterocycles. The van der Waals surface area contributed by atoms with Crippen LogP contribution in [0.15, 0.2) is 4.36 Å². The van der Waals surface area contributed by atoms with E-state index >= 15 is 0 Å². The Morgan fingerprint density at radius 3 is 2.14 bits per heavy atom. The first kappa shape index (κ1) is 12.0. The monoisotopic (exact) mass is 218 g/mol. The maximum absolute atomic E-state index is 11.5. The molecule has 3 nitrogen and oxygen atoms in total. The summed E-state index contributed by atoms with van der Waals surface area (Å²) in [4.78, 5) is 2.46. The smallest absolute Gasteiger partial charge is 0.0618 e. The summed E-state index contributed by atoms with van der Waals surface area (Å²) < 4.78 is 15.9. The molecular weight excluding hydrogens is 196 g/mol. The van der Waals surface area contributed by atoms with Gasteiger partial charge in [-0.2, -0.15) is 0 Å². The zero-order chi connectivity index (χ0) is 10.8. The third kappa shape index (κ3) is 3.96. The molecule has 1 heterocycles. The lowest BCUT2D eigenvalue weighted by atomic mass is 10.1. The van der Waals surface area contributed by atoms with Crippen molar-refractivity contribution >= 4 is 9.73 Å². The van der Waals surface area contributed by atoms with Crippen LogP contribution in [0.4, 0.5) is 0 Å². The van der Waals surface area contributed by atoms with Crippen molar-refractivity contribution in [3.8, 4) is 0 Å². The summed E-state index contributed by atoms with van der Waals surface area (Å²) in [5, 5.41) is 0. The van der Waals surface area contributed by atoms with Crippen LogP contribution >= 0.6 is 0 Å². The predicted molar refractivity (Wildman–Crippen MR) is 62.1 cm³/mol. The fourth-order valence-corrected chi connectivity index (χ4v) is 2.80. The Hall–Kier alpha value is -0.0900. The van der Waals surface area contributed by atoms with Crippen molar-refractivity contribution < 1.29 is 4.21 Å². The summed E-state index contributed by atoms with van der Waals surface area (Å²) in [6, 6.07) is 0.955. The van der Waals surface area contributed by atoms with Crippen LogP contribution in [0.3, 0.4) is 0 Å². The SMILES string of the molecule is CC(C)N1CCC(N=S(C)(C)=O)CC1. The first-order valence-corrected chi connectivity index (χ1v) is 7.62. The Morgan fingerprint density at radius 1 is 1.29 bits per heavy atom. The molecule has 0 aliphatic carbocycles. The lowest BCUT2D eigenvalue weighted by Gasteiger charge is -2.33. The highest BCUT2D eigenvalue weighted by atomic mass is 32.2. The number of likely N-dealkylation sites (tertiary alicyclic amines) is 1. The van der Waals surface area contributed by atoms with Crippen LogP contribution in [0.1, 0.15) is 26.7 Å². The van der Waals surface area contributed by atoms with Crippen LogP contribution in [0.5, 0.6) is 0 Å². The Bertz CT molecular complexity index is 276. The van der Waals surface area contributed by atoms with E-state index in [-0.39, 0.29) is 0 Å². The fourth-order valence-electron chi connectivity index (χ4n) is 1.87. The lowest BCUT2D eigenvalue weighted by Crippen LogP contribution is -2.39. The van der Waals surface area contributed by atoms with E-state index in [0.717, 1.165) is 25.9 Å². The van der Waals surface area contributed by atoms with Crippen molar-refractivity contribution in [2.75, 3.05) is 25.6 Å². The van der Waals surface area contributed by atoms with E-state index in [1.165, 1.54) is 0 Å². The van der Waals surface area contributed by atoms with Crippen molar-refractivity contribution in [1.29, 1.82) is 0 Å². The molecule has 0 aromatic carbocycles. The van der Waals surface area contributed by atoms with Crippen LogP contribution in [0.25, 0.3) is 0 Å². The molecule has 0 unspecified atom stereocenters. The lowest BCUT2D eigenvalue weighted by molar-refractivity contribution is 0.174. The van der Waals surface area contributed by atoms with E-state index in [9.17, 15) is 4.21 Å². The van der Waals surface area contributed by atoms with Gasteiger partial charge in [0.05, 0.1) is 6.04 Å². The van der Waals surface area contributed by atoms with Crippen molar-refractivity contribution in [3.63, 3.8) is 0 Å². The second-order valence-corrected chi connectivity index (χ2v) is 7.22. The molecule has 1 saturated heterocycles. The average Bonchev–Trinajstić information content (AvgIpc) is 2.02. The van der Waals surface area contributed by atoms with Gasteiger partial charge in [-0.05, 0) is 26.7 Å². The molecule has 84 valence electrons. The maximum atomic E-state index is 11.5. The summed E-state index contributed by atoms with van der Waals surface area (Å²) in [5.41, 5.74) is 0. The first-order valence-electron chi connectivity index (χ1n) is 5.29. The third-order valence-corrected chi connectivity index (χ3v) is 3.44. The number of nitrogens with zero attached hydrogens (tertiary/aromatic N) is 2. The van der Waals surface area contributed by atoms with Gasteiger partial charge in [0.25, 0.3) is 0 Å². The first-order chi connectivity index (χ1) is 6.38. The van der Waals surface area contributed by atoms with Gasteiger partial charge in [-0.1, -0.05) is 0 Å². The highest BCUT2D eigenvalue weighted by Crippen LogP contribution is 2.16. The normalized spacial score (nSPS) is 21.5. The molecule has 4 heteroatoms. The van der Waals surface area contributed by atoms with Crippen LogP contribution in [-0.2, 0) is 9.73 Å². The Kier molecular flexibility index (Phi) is 3.95. The van der Waals surface area contributed by atoms with E-state index in [0.29, 0.717) is 12.1 Å². The molecule has 0 N–H and O–H groups in total. The van der Waals surface area contributed by atoms with E-state index in [4.69, 9.17) is 0 Å². The number of hydrogen-bond acceptors (Lipinski definition) is 3. The van der Waals surface area contributed by atoms with Crippen molar-refractivity contribution in [2.45, 2.75) is 38.8 Å². The molecule has 1 aliphatic rings. The van der Waals surface area contributed by atoms with Gasteiger partial charge < -0.3 is 4.90 Å². The summed E-state index contributed by atoms with van der Waals surface area (Å²) in [5.74, 6) is 0. The van der Waals surface area contributed by atoms with E-state index in [1.54, 1.807) is 12.5 Å². The zero-order valence-corrected chi connectivity index (χ0v) is 10.5. The largest absolute Gasteiger partial charge is 0.301 e. The summed E-state index contributed by atoms with van der Waals surface area (Å²) in [7, 11) is -1.90. The Labute approximate surface area is 88.1 Å². The van der Waals surface area contributed by atoms with Gasteiger partial charge in [0.2, 0.25) is 0 Å². The number of piperidine rings is 1. The van der Waals surface area contributed by atoms with Gasteiger partial charge in [-0.15, -0.1) is 0 Å². The minimum Gasteiger partial charge on any atom is -0.301 e. The van der Waals surface area contributed by atoms with Crippen LogP contribution in [0, 0.1) is 0 Å². The molecule has 1 rings (SSSR count). The Balaban J connectivity index is 2.48. The fraction of sp³-hybridized carbons (Fsp3) is 1.00. The molecule has 0 atom stereocenters. The molecule has 0 spiro atoms. The van der Waals surface area contributed by atoms with Gasteiger partial charge >= 0.3 is 0 Å². The van der Waals surface area contributed by atoms with Crippen molar-refractivity contribution in [2.24, 2.45) is 4.36 Å². The Morgan fingerprint density at radius 2 is 1.79 bits per heavy atom. The molecule has 0 aromatic rings. The summed E-state index contributed by atoms with van der Waals surface area (Å²) >= 11 is 0. The second kappa shape index (κ2) is 4.62. The van der Waals surface area contributed by atoms with Crippen molar-refractivity contribution in [1.82, 2.24) is 4.90 Å². The summed E-state index contributed by atoms with van der Waals surface area (Å²) in [6.07, 6.45) is 5.58. The van der Waals surface area contributed by atoms with E-state index in [1.807, 2.05) is 0 Å². The molecule has 0 radical (unpaired) electrons. The van der Waals surface area contributed by atoms with E-state index < -0.39 is 9.73 Å². The highest BCUT2D eigenvalue weighted by Gasteiger charge is 2.20. The molecule has 14 heavy (non-hydrogen) atoms. The third-order valence-electron chi connectivity index (χ3n) is 2.63. The van der Waals surface area contributed by atoms with Gasteiger partial charge in [-0.25, -0.2) is 4.36 Å². The van der Waals surface area contributed by atoms with Gasteiger partial charge in [-0.3, -0.25) is 4.21 Å². The second-order valence-electron chi connectivity index (χ2n) is 4.65. The standard InChI is InChI=1S/C10H22N2OS/c1-9(2)12-7-5-10(6-8-12)11-14(3,4)13/h9-10H,5-8H2,1-4H3. The van der Waals surface area contributed by atoms with Crippen molar-refractivity contribution in [3.05, 3.63) is 0 Å². The maximum Gasteiger partial charge on any atom is 0.0618 e. The minimum atomic E-state index is -1.90. The van der Waals surface area contributed by atoms with Crippen LogP contribution in [-0.4, -0.2) is 46.8 Å². The highest BCUT2D eigenvalue weighted by molar-refractivity contribution is 7.92. The van der Waals surface area contributed by atoms with Gasteiger partial charge in [0, 0.05) is 41.4 Å². The van der Waals surface area contributed by atoms with Crippen LogP contribution in [0.2, 0.25) is 0 Å². The summed E-state index contributed by atoms with van der Waals surface area (Å²) in [6.45, 7) is 6.64. The molecule has 0 saturated carbocycles. The molecule has 0 bridgehead atoms. The molecule has 0 amide bonds. The minimum absolute atomic E-state index is 0.326. The number of rotatable bonds is 2. The van der Waals surface area contributed by atoms with Gasteiger partial charge in [0.15, 0.2) is 0 Å².